The van der Waals surface area contributed by atoms with E-state index >= 15 is 0 Å². The van der Waals surface area contributed by atoms with E-state index in [0.29, 0.717) is 11.5 Å². The number of aliphatic imine (C=N–C) groups is 3. The van der Waals surface area contributed by atoms with Crippen molar-refractivity contribution in [3.8, 4) is 0 Å². The van der Waals surface area contributed by atoms with Gasteiger partial charge in [-0.2, -0.15) is 13.4 Å². The average Bonchev–Trinajstić information content (AvgIpc) is 2.88. The Kier molecular flexibility index (Phi) is 3.71. The van der Waals surface area contributed by atoms with Gasteiger partial charge in [0.05, 0.1) is 10.6 Å². The number of nitrogens with zero attached hydrogens (tertiary/aromatic N) is 5. The quantitative estimate of drug-likeness (QED) is 0.398. The molecule has 1 aromatic rings. The van der Waals surface area contributed by atoms with Gasteiger partial charge in [-0.3, -0.25) is 4.55 Å². The van der Waals surface area contributed by atoms with E-state index in [1.165, 1.54) is 24.3 Å². The van der Waals surface area contributed by atoms with E-state index in [1.807, 2.05) is 0 Å². The second-order valence-electron chi connectivity index (χ2n) is 4.46. The van der Waals surface area contributed by atoms with Gasteiger partial charge in [-0.1, -0.05) is 12.2 Å². The predicted molar refractivity (Wildman–Crippen MR) is 86.8 cm³/mol. The van der Waals surface area contributed by atoms with E-state index in [0.717, 1.165) is 0 Å². The largest absolute Gasteiger partial charge is 0.369 e. The standard InChI is InChI=1S/C11H9N7O3S2/c12-10-14-8-7(9(22)16-10)13-11(15-8)18-17-5-1-3-6(4-2-5)23(19,20)21/h1-4,7H,(H,19,20,21)(H3,12,13,14,15,16,22). The summed E-state index contributed by atoms with van der Waals surface area (Å²) in [6.45, 7) is 0. The highest BCUT2D eigenvalue weighted by atomic mass is 32.2. The summed E-state index contributed by atoms with van der Waals surface area (Å²) >= 11 is 5.05. The van der Waals surface area contributed by atoms with Crippen molar-refractivity contribution in [1.29, 1.82) is 0 Å². The van der Waals surface area contributed by atoms with Crippen molar-refractivity contribution in [3.05, 3.63) is 24.3 Å². The maximum atomic E-state index is 10.9. The Morgan fingerprint density at radius 3 is 2.57 bits per heavy atom. The molecule has 0 aliphatic carbocycles. The van der Waals surface area contributed by atoms with Crippen LogP contribution in [0.4, 0.5) is 5.69 Å². The molecule has 0 bridgehead atoms. The SMILES string of the molecule is NC1=NC(=S)C2N=C(N=Nc3ccc(S(=O)(=O)O)cc3)N=C2N1. The summed E-state index contributed by atoms with van der Waals surface area (Å²) in [5.74, 6) is 0.654. The van der Waals surface area contributed by atoms with Crippen molar-refractivity contribution < 1.29 is 13.0 Å². The fourth-order valence-electron chi connectivity index (χ4n) is 1.82. The summed E-state index contributed by atoms with van der Waals surface area (Å²) in [4.78, 5) is 12.2. The van der Waals surface area contributed by atoms with Gasteiger partial charge in [0, 0.05) is 0 Å². The molecule has 4 N–H and O–H groups in total. The summed E-state index contributed by atoms with van der Waals surface area (Å²) < 4.78 is 30.8. The van der Waals surface area contributed by atoms with Crippen molar-refractivity contribution in [2.45, 2.75) is 10.9 Å². The first-order valence-corrected chi connectivity index (χ1v) is 7.98. The zero-order valence-corrected chi connectivity index (χ0v) is 12.9. The minimum atomic E-state index is -4.24. The molecule has 0 saturated carbocycles. The monoisotopic (exact) mass is 351 g/mol. The normalized spacial score (nSPS) is 20.7. The lowest BCUT2D eigenvalue weighted by Gasteiger charge is -2.16. The summed E-state index contributed by atoms with van der Waals surface area (Å²) in [6, 6.07) is 4.64. The van der Waals surface area contributed by atoms with E-state index < -0.39 is 16.2 Å². The Balaban J connectivity index is 1.77. The van der Waals surface area contributed by atoms with Crippen LogP contribution in [0.2, 0.25) is 0 Å². The average molecular weight is 351 g/mol. The number of thiocarbonyl (C=S) groups is 1. The van der Waals surface area contributed by atoms with Crippen LogP contribution in [-0.2, 0) is 10.1 Å². The van der Waals surface area contributed by atoms with Crippen molar-refractivity contribution in [3.63, 3.8) is 0 Å². The molecule has 1 aromatic carbocycles. The minimum Gasteiger partial charge on any atom is -0.369 e. The van der Waals surface area contributed by atoms with Crippen molar-refractivity contribution >= 4 is 50.8 Å². The molecular weight excluding hydrogens is 342 g/mol. The molecular formula is C11H9N7O3S2. The third kappa shape index (κ3) is 3.28. The van der Waals surface area contributed by atoms with E-state index in [2.05, 4.69) is 30.5 Å². The number of rotatable bonds is 2. The molecule has 0 saturated heterocycles. The lowest BCUT2D eigenvalue weighted by Crippen LogP contribution is -2.48. The number of benzene rings is 1. The maximum Gasteiger partial charge on any atom is 0.294 e. The molecule has 1 unspecified atom stereocenters. The molecule has 0 amide bonds. The smallest absolute Gasteiger partial charge is 0.294 e. The number of nitrogens with one attached hydrogen (secondary N) is 1. The summed E-state index contributed by atoms with van der Waals surface area (Å²) in [5, 5.41) is 10.5. The molecule has 0 radical (unpaired) electrons. The second kappa shape index (κ2) is 5.57. The van der Waals surface area contributed by atoms with Gasteiger partial charge in [-0.05, 0) is 24.3 Å². The van der Waals surface area contributed by atoms with E-state index in [1.54, 1.807) is 0 Å². The maximum absolute atomic E-state index is 10.9. The predicted octanol–water partition coefficient (Wildman–Crippen LogP) is 0.399. The highest BCUT2D eigenvalue weighted by Gasteiger charge is 2.30. The minimum absolute atomic E-state index is 0.0867. The fourth-order valence-corrected chi connectivity index (χ4v) is 2.56. The van der Waals surface area contributed by atoms with Gasteiger partial charge >= 0.3 is 0 Å². The van der Waals surface area contributed by atoms with Crippen LogP contribution in [-0.4, -0.2) is 41.8 Å². The highest BCUT2D eigenvalue weighted by Crippen LogP contribution is 2.18. The Morgan fingerprint density at radius 2 is 1.91 bits per heavy atom. The van der Waals surface area contributed by atoms with Crippen molar-refractivity contribution in [1.82, 2.24) is 5.32 Å². The molecule has 3 rings (SSSR count). The topological polar surface area (TPSA) is 154 Å². The Labute approximate surface area is 135 Å². The third-order valence-corrected chi connectivity index (χ3v) is 4.02. The number of nitrogens with two attached hydrogens (primary N) is 1. The number of amidine groups is 1. The lowest BCUT2D eigenvalue weighted by atomic mass is 10.2. The second-order valence-corrected chi connectivity index (χ2v) is 6.30. The van der Waals surface area contributed by atoms with Gasteiger partial charge in [0.25, 0.3) is 16.1 Å². The van der Waals surface area contributed by atoms with E-state index in [4.69, 9.17) is 22.5 Å². The molecule has 23 heavy (non-hydrogen) atoms. The van der Waals surface area contributed by atoms with Crippen LogP contribution in [0.25, 0.3) is 0 Å². The molecule has 12 heteroatoms. The van der Waals surface area contributed by atoms with Gasteiger partial charge in [0.2, 0.25) is 0 Å². The van der Waals surface area contributed by atoms with Crippen LogP contribution in [0, 0.1) is 0 Å². The Hall–Kier alpha value is -2.57. The third-order valence-electron chi connectivity index (χ3n) is 2.83. The molecule has 2 heterocycles. The molecule has 2 aliphatic rings. The van der Waals surface area contributed by atoms with E-state index in [9.17, 15) is 8.42 Å². The summed E-state index contributed by atoms with van der Waals surface area (Å²) in [5.41, 5.74) is 5.90. The molecule has 2 aliphatic heterocycles. The number of hydrogen-bond donors (Lipinski definition) is 3. The van der Waals surface area contributed by atoms with Crippen LogP contribution in [0.3, 0.4) is 0 Å². The van der Waals surface area contributed by atoms with Gasteiger partial charge in [0.1, 0.15) is 10.8 Å². The summed E-state index contributed by atoms with van der Waals surface area (Å²) in [7, 11) is -4.24. The Morgan fingerprint density at radius 1 is 1.22 bits per heavy atom. The lowest BCUT2D eigenvalue weighted by molar-refractivity contribution is 0.483. The van der Waals surface area contributed by atoms with E-state index in [-0.39, 0.29) is 21.8 Å². The van der Waals surface area contributed by atoms with Gasteiger partial charge in [0.15, 0.2) is 12.0 Å². The van der Waals surface area contributed by atoms with Crippen molar-refractivity contribution in [2.24, 2.45) is 30.9 Å². The number of azo groups is 1. The van der Waals surface area contributed by atoms with Crippen LogP contribution in [0.15, 0.2) is 54.4 Å². The van der Waals surface area contributed by atoms with Crippen LogP contribution < -0.4 is 11.1 Å². The molecule has 0 spiro atoms. The number of fused-ring (bicyclic) bond motifs is 1. The first-order valence-electron chi connectivity index (χ1n) is 6.13. The van der Waals surface area contributed by atoms with Crippen molar-refractivity contribution in [2.75, 3.05) is 0 Å². The Bertz CT molecular complexity index is 900. The number of guanidine groups is 2. The van der Waals surface area contributed by atoms with Crippen LogP contribution in [0.1, 0.15) is 0 Å². The first kappa shape index (κ1) is 15.3. The van der Waals surface area contributed by atoms with Gasteiger partial charge < -0.3 is 11.1 Å². The molecule has 0 aromatic heterocycles. The fraction of sp³-hybridized carbons (Fsp3) is 0.0909. The molecule has 10 nitrogen and oxygen atoms in total. The summed E-state index contributed by atoms with van der Waals surface area (Å²) in [6.07, 6.45) is 0. The molecule has 1 atom stereocenters. The van der Waals surface area contributed by atoms with Crippen LogP contribution in [0.5, 0.6) is 0 Å². The molecule has 118 valence electrons. The zero-order chi connectivity index (χ0) is 16.6. The number of hydrogen-bond acceptors (Lipinski definition) is 9. The highest BCUT2D eigenvalue weighted by molar-refractivity contribution is 7.85. The first-order chi connectivity index (χ1) is 10.8. The van der Waals surface area contributed by atoms with Crippen LogP contribution >= 0.6 is 12.2 Å². The van der Waals surface area contributed by atoms with Gasteiger partial charge in [-0.15, -0.1) is 10.2 Å². The van der Waals surface area contributed by atoms with Gasteiger partial charge in [-0.25, -0.2) is 9.98 Å². The zero-order valence-electron chi connectivity index (χ0n) is 11.3. The molecule has 0 fully saturated rings.